The minimum Gasteiger partial charge on any atom is -0.396 e. The molecule has 3 rings (SSSR count). The standard InChI is InChI=1S/C13H19NO.C12H17NO.C9H13NS/c1-4-12-7-5-6-10(2)13(12)14-11(3)8-9-15;1-9-5-4-6-10(2)12(9)13-11(3)7-8-14;1-6(2)10-9-7(3)5-11-8(9)4/h5-7,15H,4,8-9H2,1-3H3;4-6,14H,7-8H2,1-3H3;5H,1-4H3. The largest absolute Gasteiger partial charge is 0.396 e. The number of rotatable bonds is 8. The molecule has 0 aliphatic heterocycles. The Morgan fingerprint density at radius 3 is 1.55 bits per heavy atom. The van der Waals surface area contributed by atoms with Crippen molar-refractivity contribution in [3.8, 4) is 0 Å². The Balaban J connectivity index is 0.000000304. The van der Waals surface area contributed by atoms with Crippen LogP contribution in [-0.2, 0) is 6.42 Å². The monoisotopic (exact) mass is 563 g/mol. The number of thiophene rings is 1. The molecular weight excluding hydrogens is 514 g/mol. The van der Waals surface area contributed by atoms with Crippen LogP contribution in [0.25, 0.3) is 0 Å². The van der Waals surface area contributed by atoms with Gasteiger partial charge in [0.05, 0.1) is 17.1 Å². The van der Waals surface area contributed by atoms with Crippen molar-refractivity contribution >= 4 is 45.5 Å². The predicted molar refractivity (Wildman–Crippen MR) is 178 cm³/mol. The molecule has 2 aromatic carbocycles. The van der Waals surface area contributed by atoms with Gasteiger partial charge in [0, 0.05) is 48.1 Å². The lowest BCUT2D eigenvalue weighted by atomic mass is 10.1. The normalized spacial score (nSPS) is 11.3. The number of para-hydroxylation sites is 2. The van der Waals surface area contributed by atoms with Gasteiger partial charge in [-0.25, -0.2) is 0 Å². The van der Waals surface area contributed by atoms with Crippen molar-refractivity contribution in [2.24, 2.45) is 15.0 Å². The van der Waals surface area contributed by atoms with Gasteiger partial charge in [0.1, 0.15) is 0 Å². The van der Waals surface area contributed by atoms with E-state index in [1.54, 1.807) is 11.3 Å². The molecule has 40 heavy (non-hydrogen) atoms. The Morgan fingerprint density at radius 1 is 0.650 bits per heavy atom. The Morgan fingerprint density at radius 2 is 1.12 bits per heavy atom. The number of aliphatic hydroxyl groups excluding tert-OH is 2. The second-order valence-corrected chi connectivity index (χ2v) is 11.3. The summed E-state index contributed by atoms with van der Waals surface area (Å²) >= 11 is 1.77. The summed E-state index contributed by atoms with van der Waals surface area (Å²) in [7, 11) is 0. The highest BCUT2D eigenvalue weighted by atomic mass is 32.1. The molecule has 218 valence electrons. The molecular formula is C34H49N3O2S. The number of aliphatic imine (C=N–C) groups is 3. The Kier molecular flexibility index (Phi) is 16.2. The summed E-state index contributed by atoms with van der Waals surface area (Å²) in [5.74, 6) is 0. The van der Waals surface area contributed by atoms with E-state index in [4.69, 9.17) is 10.2 Å². The Bertz CT molecular complexity index is 1260. The van der Waals surface area contributed by atoms with Crippen LogP contribution in [0.3, 0.4) is 0 Å². The molecule has 0 aliphatic rings. The van der Waals surface area contributed by atoms with Crippen molar-refractivity contribution in [3.05, 3.63) is 74.5 Å². The molecule has 1 aromatic heterocycles. The van der Waals surface area contributed by atoms with Crippen molar-refractivity contribution in [2.45, 2.75) is 88.5 Å². The number of hydrogen-bond acceptors (Lipinski definition) is 6. The maximum absolute atomic E-state index is 8.83. The van der Waals surface area contributed by atoms with Gasteiger partial charge in [0.15, 0.2) is 0 Å². The van der Waals surface area contributed by atoms with E-state index in [2.05, 4.69) is 92.2 Å². The van der Waals surface area contributed by atoms with E-state index in [0.29, 0.717) is 12.8 Å². The lowest BCUT2D eigenvalue weighted by Gasteiger charge is -2.07. The van der Waals surface area contributed by atoms with Crippen LogP contribution in [0.15, 0.2) is 56.8 Å². The molecule has 0 bridgehead atoms. The van der Waals surface area contributed by atoms with Crippen molar-refractivity contribution in [1.82, 2.24) is 0 Å². The molecule has 0 saturated carbocycles. The second kappa shape index (κ2) is 18.4. The first-order chi connectivity index (χ1) is 18.9. The average Bonchev–Trinajstić information content (AvgIpc) is 3.20. The van der Waals surface area contributed by atoms with E-state index in [1.807, 2.05) is 33.8 Å². The molecule has 0 spiro atoms. The SMILES string of the molecule is CC(C)=Nc1c(C)csc1C.CC(CCO)=Nc1c(C)cccc1C.CCc1cccc(C)c1N=C(C)CCO. The summed E-state index contributed by atoms with van der Waals surface area (Å²) in [4.78, 5) is 14.8. The summed E-state index contributed by atoms with van der Waals surface area (Å²) < 4.78 is 0. The van der Waals surface area contributed by atoms with Crippen molar-refractivity contribution in [3.63, 3.8) is 0 Å². The van der Waals surface area contributed by atoms with Gasteiger partial charge in [-0.2, -0.15) is 0 Å². The predicted octanol–water partition coefficient (Wildman–Crippen LogP) is 9.29. The number of aliphatic hydroxyl groups is 2. The zero-order chi connectivity index (χ0) is 30.2. The highest BCUT2D eigenvalue weighted by Crippen LogP contribution is 2.29. The lowest BCUT2D eigenvalue weighted by molar-refractivity contribution is 0.306. The number of hydrogen-bond donors (Lipinski definition) is 2. The van der Waals surface area contributed by atoms with Gasteiger partial charge >= 0.3 is 0 Å². The molecule has 0 aliphatic carbocycles. The van der Waals surface area contributed by atoms with Gasteiger partial charge in [-0.1, -0.05) is 43.3 Å². The van der Waals surface area contributed by atoms with E-state index >= 15 is 0 Å². The van der Waals surface area contributed by atoms with E-state index < -0.39 is 0 Å². The molecule has 5 nitrogen and oxygen atoms in total. The molecule has 2 N–H and O–H groups in total. The number of nitrogens with zero attached hydrogens (tertiary/aromatic N) is 3. The maximum Gasteiger partial charge on any atom is 0.0793 e. The van der Waals surface area contributed by atoms with Crippen molar-refractivity contribution < 1.29 is 10.2 Å². The minimum absolute atomic E-state index is 0.167. The van der Waals surface area contributed by atoms with Crippen molar-refractivity contribution in [1.29, 1.82) is 0 Å². The summed E-state index contributed by atoms with van der Waals surface area (Å²) in [5, 5.41) is 19.8. The van der Waals surface area contributed by atoms with Crippen LogP contribution in [-0.4, -0.2) is 40.6 Å². The van der Waals surface area contributed by atoms with Crippen LogP contribution in [0, 0.1) is 34.6 Å². The lowest BCUT2D eigenvalue weighted by Crippen LogP contribution is -1.96. The van der Waals surface area contributed by atoms with Gasteiger partial charge < -0.3 is 10.2 Å². The van der Waals surface area contributed by atoms with Gasteiger partial charge in [0.25, 0.3) is 0 Å². The molecule has 0 unspecified atom stereocenters. The molecule has 0 radical (unpaired) electrons. The van der Waals surface area contributed by atoms with E-state index in [1.165, 1.54) is 32.7 Å². The number of benzene rings is 2. The van der Waals surface area contributed by atoms with Crippen LogP contribution >= 0.6 is 11.3 Å². The zero-order valence-corrected chi connectivity index (χ0v) is 27.0. The molecule has 3 aromatic rings. The first kappa shape index (κ1) is 35.1. The highest BCUT2D eigenvalue weighted by Gasteiger charge is 2.04. The fraction of sp³-hybridized carbons (Fsp3) is 0.441. The quantitative estimate of drug-likeness (QED) is 0.268. The number of aryl methyl sites for hydroxylation is 6. The van der Waals surface area contributed by atoms with Crippen LogP contribution in [0.4, 0.5) is 17.1 Å². The third kappa shape index (κ3) is 12.1. The molecule has 0 saturated heterocycles. The van der Waals surface area contributed by atoms with Crippen LogP contribution in [0.1, 0.15) is 80.2 Å². The van der Waals surface area contributed by atoms with Gasteiger partial charge in [-0.3, -0.25) is 15.0 Å². The zero-order valence-electron chi connectivity index (χ0n) is 26.2. The maximum atomic E-state index is 8.83. The molecule has 0 atom stereocenters. The van der Waals surface area contributed by atoms with Crippen LogP contribution in [0.5, 0.6) is 0 Å². The van der Waals surface area contributed by atoms with E-state index in [9.17, 15) is 0 Å². The molecule has 6 heteroatoms. The van der Waals surface area contributed by atoms with Gasteiger partial charge in [-0.05, 0) is 102 Å². The topological polar surface area (TPSA) is 77.5 Å². The van der Waals surface area contributed by atoms with Gasteiger partial charge in [0.2, 0.25) is 0 Å². The van der Waals surface area contributed by atoms with E-state index in [0.717, 1.165) is 40.6 Å². The van der Waals surface area contributed by atoms with Crippen LogP contribution < -0.4 is 0 Å². The Hall–Kier alpha value is -2.93. The first-order valence-electron chi connectivity index (χ1n) is 14.0. The summed E-state index contributed by atoms with van der Waals surface area (Å²) in [6, 6.07) is 12.4. The molecule has 1 heterocycles. The van der Waals surface area contributed by atoms with Gasteiger partial charge in [-0.15, -0.1) is 11.3 Å². The third-order valence-corrected chi connectivity index (χ3v) is 7.17. The fourth-order valence-corrected chi connectivity index (χ4v) is 4.70. The second-order valence-electron chi connectivity index (χ2n) is 10.2. The summed E-state index contributed by atoms with van der Waals surface area (Å²) in [6.45, 7) is 20.8. The van der Waals surface area contributed by atoms with Crippen molar-refractivity contribution in [2.75, 3.05) is 13.2 Å². The summed E-state index contributed by atoms with van der Waals surface area (Å²) in [6.07, 6.45) is 2.29. The fourth-order valence-electron chi connectivity index (χ4n) is 3.92. The van der Waals surface area contributed by atoms with Crippen LogP contribution in [0.2, 0.25) is 0 Å². The Labute approximate surface area is 246 Å². The third-order valence-electron chi connectivity index (χ3n) is 6.15. The summed E-state index contributed by atoms with van der Waals surface area (Å²) in [5.41, 5.74) is 12.5. The molecule has 0 amide bonds. The minimum atomic E-state index is 0.167. The average molecular weight is 564 g/mol. The smallest absolute Gasteiger partial charge is 0.0793 e. The molecule has 0 fully saturated rings. The first-order valence-corrected chi connectivity index (χ1v) is 14.8. The highest BCUT2D eigenvalue weighted by molar-refractivity contribution is 7.10. The van der Waals surface area contributed by atoms with E-state index in [-0.39, 0.29) is 13.2 Å².